The lowest BCUT2D eigenvalue weighted by atomic mass is 10.1. The number of aromatic nitrogens is 3. The zero-order valence-electron chi connectivity index (χ0n) is 13.5. The molecule has 0 spiro atoms. The number of nitrogens with zero attached hydrogens (tertiary/aromatic N) is 4. The highest BCUT2D eigenvalue weighted by Crippen LogP contribution is 2.08. The molecule has 6 nitrogen and oxygen atoms in total. The monoisotopic (exact) mass is 432 g/mol. The molecule has 0 radical (unpaired) electrons. The van der Waals surface area contributed by atoms with Gasteiger partial charge in [0.1, 0.15) is 12.1 Å². The van der Waals surface area contributed by atoms with Gasteiger partial charge in [-0.3, -0.25) is 4.99 Å². The van der Waals surface area contributed by atoms with Crippen LogP contribution in [0.1, 0.15) is 23.9 Å². The highest BCUT2D eigenvalue weighted by molar-refractivity contribution is 14.0. The minimum Gasteiger partial charge on any atom is -0.352 e. The van der Waals surface area contributed by atoms with Gasteiger partial charge < -0.3 is 15.2 Å². The standard InChI is InChI=1S/C15H21FN6.HI/c1-4-22-10-20-21-14(22)9-19-15(17-3)18-8-12-6-5-11(2)13(16)7-12;/h5-7,10H,4,8-9H2,1-3H3,(H2,17,18,19);1H. The summed E-state index contributed by atoms with van der Waals surface area (Å²) in [5.41, 5.74) is 1.51. The van der Waals surface area contributed by atoms with Gasteiger partial charge in [-0.05, 0) is 31.0 Å². The Kier molecular flexibility index (Phi) is 7.93. The SMILES string of the molecule is CCn1cnnc1CNC(=NC)NCc1ccc(C)c(F)c1.I. The molecule has 0 amide bonds. The molecule has 0 aliphatic heterocycles. The lowest BCUT2D eigenvalue weighted by Crippen LogP contribution is -2.37. The summed E-state index contributed by atoms with van der Waals surface area (Å²) >= 11 is 0. The number of rotatable bonds is 5. The van der Waals surface area contributed by atoms with Crippen LogP contribution in [0, 0.1) is 12.7 Å². The van der Waals surface area contributed by atoms with Gasteiger partial charge in [0.05, 0.1) is 6.54 Å². The average molecular weight is 432 g/mol. The maximum absolute atomic E-state index is 13.5. The zero-order valence-corrected chi connectivity index (χ0v) is 15.8. The predicted molar refractivity (Wildman–Crippen MR) is 99.3 cm³/mol. The molecule has 1 aromatic heterocycles. The average Bonchev–Trinajstić information content (AvgIpc) is 2.98. The molecule has 1 heterocycles. The van der Waals surface area contributed by atoms with Crippen LogP contribution in [-0.2, 0) is 19.6 Å². The normalized spacial score (nSPS) is 11.0. The van der Waals surface area contributed by atoms with Crippen molar-refractivity contribution in [2.24, 2.45) is 4.99 Å². The Hall–Kier alpha value is -1.71. The maximum atomic E-state index is 13.5. The van der Waals surface area contributed by atoms with Gasteiger partial charge in [-0.1, -0.05) is 12.1 Å². The molecule has 2 aromatic rings. The second-order valence-electron chi connectivity index (χ2n) is 4.90. The summed E-state index contributed by atoms with van der Waals surface area (Å²) in [5, 5.41) is 14.2. The molecule has 0 saturated carbocycles. The third kappa shape index (κ3) is 5.45. The second-order valence-corrected chi connectivity index (χ2v) is 4.90. The first-order chi connectivity index (χ1) is 10.6. The number of hydrogen-bond donors (Lipinski definition) is 2. The fourth-order valence-electron chi connectivity index (χ4n) is 2.00. The Morgan fingerprint density at radius 1 is 1.30 bits per heavy atom. The van der Waals surface area contributed by atoms with Crippen molar-refractivity contribution in [2.45, 2.75) is 33.5 Å². The number of aryl methyl sites for hydroxylation is 2. The van der Waals surface area contributed by atoms with Crippen molar-refractivity contribution in [1.82, 2.24) is 25.4 Å². The van der Waals surface area contributed by atoms with Gasteiger partial charge in [-0.15, -0.1) is 34.2 Å². The highest BCUT2D eigenvalue weighted by atomic mass is 127. The van der Waals surface area contributed by atoms with E-state index in [0.717, 1.165) is 17.9 Å². The summed E-state index contributed by atoms with van der Waals surface area (Å²) in [6.07, 6.45) is 1.70. The van der Waals surface area contributed by atoms with Gasteiger partial charge in [0, 0.05) is 20.1 Å². The van der Waals surface area contributed by atoms with Crippen LogP contribution in [0.15, 0.2) is 29.5 Å². The zero-order chi connectivity index (χ0) is 15.9. The van der Waals surface area contributed by atoms with E-state index in [1.165, 1.54) is 6.07 Å². The minimum atomic E-state index is -0.196. The molecule has 2 N–H and O–H groups in total. The van der Waals surface area contributed by atoms with Gasteiger partial charge in [0.25, 0.3) is 0 Å². The number of benzene rings is 1. The van der Waals surface area contributed by atoms with Gasteiger partial charge in [0.15, 0.2) is 11.8 Å². The molecule has 0 aliphatic carbocycles. The van der Waals surface area contributed by atoms with Crippen LogP contribution in [0.4, 0.5) is 4.39 Å². The van der Waals surface area contributed by atoms with Crippen LogP contribution in [0.3, 0.4) is 0 Å². The number of halogens is 2. The molecule has 0 saturated heterocycles. The summed E-state index contributed by atoms with van der Waals surface area (Å²) < 4.78 is 15.5. The molecular formula is C15H22FIN6. The van der Waals surface area contributed by atoms with Crippen molar-refractivity contribution in [3.8, 4) is 0 Å². The summed E-state index contributed by atoms with van der Waals surface area (Å²) in [6.45, 7) is 5.62. The molecule has 0 unspecified atom stereocenters. The van der Waals surface area contributed by atoms with Crippen LogP contribution >= 0.6 is 24.0 Å². The fraction of sp³-hybridized carbons (Fsp3) is 0.400. The Labute approximate surface area is 152 Å². The minimum absolute atomic E-state index is 0. The summed E-state index contributed by atoms with van der Waals surface area (Å²) in [6, 6.07) is 5.20. The van der Waals surface area contributed by atoms with Gasteiger partial charge in [-0.2, -0.15) is 0 Å². The van der Waals surface area contributed by atoms with E-state index in [1.807, 2.05) is 17.6 Å². The Morgan fingerprint density at radius 2 is 2.04 bits per heavy atom. The first-order valence-corrected chi connectivity index (χ1v) is 7.20. The van der Waals surface area contributed by atoms with Crippen molar-refractivity contribution in [2.75, 3.05) is 7.05 Å². The van der Waals surface area contributed by atoms with Crippen molar-refractivity contribution < 1.29 is 4.39 Å². The summed E-state index contributed by atoms with van der Waals surface area (Å²) in [5.74, 6) is 1.27. The third-order valence-electron chi connectivity index (χ3n) is 3.37. The van der Waals surface area contributed by atoms with Crippen molar-refractivity contribution in [1.29, 1.82) is 0 Å². The molecule has 126 valence electrons. The summed E-state index contributed by atoms with van der Waals surface area (Å²) in [7, 11) is 1.69. The number of nitrogens with one attached hydrogen (secondary N) is 2. The lowest BCUT2D eigenvalue weighted by Gasteiger charge is -2.12. The van der Waals surface area contributed by atoms with Gasteiger partial charge >= 0.3 is 0 Å². The maximum Gasteiger partial charge on any atom is 0.191 e. The molecule has 1 aromatic carbocycles. The third-order valence-corrected chi connectivity index (χ3v) is 3.37. The topological polar surface area (TPSA) is 67.1 Å². The molecule has 0 atom stereocenters. The Morgan fingerprint density at radius 3 is 2.70 bits per heavy atom. The predicted octanol–water partition coefficient (Wildman–Crippen LogP) is 2.23. The fourth-order valence-corrected chi connectivity index (χ4v) is 2.00. The number of hydrogen-bond acceptors (Lipinski definition) is 3. The van der Waals surface area contributed by atoms with Crippen LogP contribution in [0.5, 0.6) is 0 Å². The Bertz CT molecular complexity index is 655. The summed E-state index contributed by atoms with van der Waals surface area (Å²) in [4.78, 5) is 4.14. The van der Waals surface area contributed by atoms with E-state index >= 15 is 0 Å². The van der Waals surface area contributed by atoms with Crippen molar-refractivity contribution >= 4 is 29.9 Å². The molecule has 0 bridgehead atoms. The van der Waals surface area contributed by atoms with Crippen molar-refractivity contribution in [3.05, 3.63) is 47.3 Å². The first kappa shape index (κ1) is 19.3. The Balaban J connectivity index is 0.00000264. The van der Waals surface area contributed by atoms with Gasteiger partial charge in [-0.25, -0.2) is 4.39 Å². The highest BCUT2D eigenvalue weighted by Gasteiger charge is 2.05. The second kappa shape index (κ2) is 9.43. The molecule has 23 heavy (non-hydrogen) atoms. The van der Waals surface area contributed by atoms with E-state index in [0.29, 0.717) is 24.6 Å². The molecule has 0 fully saturated rings. The van der Waals surface area contributed by atoms with Crippen molar-refractivity contribution in [3.63, 3.8) is 0 Å². The van der Waals surface area contributed by atoms with E-state index in [1.54, 1.807) is 26.4 Å². The quantitative estimate of drug-likeness (QED) is 0.432. The molecule has 8 heteroatoms. The lowest BCUT2D eigenvalue weighted by molar-refractivity contribution is 0.615. The van der Waals surface area contributed by atoms with E-state index in [2.05, 4.69) is 25.8 Å². The molecule has 2 rings (SSSR count). The van der Waals surface area contributed by atoms with Crippen LogP contribution in [0.2, 0.25) is 0 Å². The smallest absolute Gasteiger partial charge is 0.191 e. The van der Waals surface area contributed by atoms with E-state index in [9.17, 15) is 4.39 Å². The van der Waals surface area contributed by atoms with Crippen LogP contribution in [0.25, 0.3) is 0 Å². The van der Waals surface area contributed by atoms with E-state index in [-0.39, 0.29) is 29.8 Å². The van der Waals surface area contributed by atoms with E-state index in [4.69, 9.17) is 0 Å². The van der Waals surface area contributed by atoms with Crippen LogP contribution in [-0.4, -0.2) is 27.8 Å². The first-order valence-electron chi connectivity index (χ1n) is 7.20. The molecular weight excluding hydrogens is 410 g/mol. The van der Waals surface area contributed by atoms with Gasteiger partial charge in [0.2, 0.25) is 0 Å². The number of guanidine groups is 1. The number of aliphatic imine (C=N–C) groups is 1. The molecule has 0 aliphatic rings. The van der Waals surface area contributed by atoms with Crippen LogP contribution < -0.4 is 10.6 Å². The largest absolute Gasteiger partial charge is 0.352 e. The van der Waals surface area contributed by atoms with E-state index < -0.39 is 0 Å².